The van der Waals surface area contributed by atoms with Gasteiger partial charge in [0.2, 0.25) is 0 Å². The van der Waals surface area contributed by atoms with E-state index in [0.717, 1.165) is 15.6 Å². The van der Waals surface area contributed by atoms with Crippen LogP contribution in [0.4, 0.5) is 0 Å². The maximum atomic E-state index is 11.1. The topological polar surface area (TPSA) is 96.1 Å². The van der Waals surface area contributed by atoms with Crippen LogP contribution in [-0.4, -0.2) is 21.0 Å². The summed E-state index contributed by atoms with van der Waals surface area (Å²) in [5.74, 6) is 0.0383. The van der Waals surface area contributed by atoms with Crippen molar-refractivity contribution < 1.29 is 14.6 Å². The van der Waals surface area contributed by atoms with Gasteiger partial charge >= 0.3 is 5.97 Å². The van der Waals surface area contributed by atoms with Crippen molar-refractivity contribution in [2.75, 3.05) is 0 Å². The van der Waals surface area contributed by atoms with Crippen LogP contribution in [0.25, 0.3) is 11.4 Å². The molecule has 3 rings (SSSR count). The second-order valence-electron chi connectivity index (χ2n) is 5.70. The summed E-state index contributed by atoms with van der Waals surface area (Å²) in [7, 11) is 0. The van der Waals surface area contributed by atoms with Crippen LogP contribution in [0.2, 0.25) is 0 Å². The van der Waals surface area contributed by atoms with Crippen LogP contribution in [0.5, 0.6) is 5.75 Å². The molecule has 134 valence electrons. The first-order chi connectivity index (χ1) is 13.0. The Morgan fingerprint density at radius 3 is 2.63 bits per heavy atom. The van der Waals surface area contributed by atoms with Crippen LogP contribution < -0.4 is 4.74 Å². The third kappa shape index (κ3) is 4.13. The molecule has 1 aromatic heterocycles. The fraction of sp³-hybridized carbons (Fsp3) is 0.100. The molecule has 0 radical (unpaired) electrons. The van der Waals surface area contributed by atoms with E-state index in [4.69, 9.17) is 9.84 Å². The number of hydrogen-bond donors (Lipinski definition) is 1. The number of nitrogens with zero attached hydrogens (tertiary/aromatic N) is 3. The van der Waals surface area contributed by atoms with Gasteiger partial charge in [0.25, 0.3) is 0 Å². The number of carboxylic acid groups (broad SMARTS) is 1. The van der Waals surface area contributed by atoms with Crippen molar-refractivity contribution in [3.63, 3.8) is 0 Å². The Bertz CT molecular complexity index is 1040. The number of nitriles is 1. The van der Waals surface area contributed by atoms with Crippen molar-refractivity contribution >= 4 is 21.9 Å². The quantitative estimate of drug-likeness (QED) is 0.654. The number of hydrogen-bond acceptors (Lipinski definition) is 5. The van der Waals surface area contributed by atoms with Crippen LogP contribution >= 0.6 is 15.9 Å². The molecule has 0 bridgehead atoms. The van der Waals surface area contributed by atoms with E-state index >= 15 is 0 Å². The Hall–Kier alpha value is -3.24. The molecule has 0 spiro atoms. The zero-order valence-corrected chi connectivity index (χ0v) is 15.9. The highest BCUT2D eigenvalue weighted by molar-refractivity contribution is 9.10. The number of rotatable bonds is 5. The molecule has 0 aliphatic heterocycles. The second kappa shape index (κ2) is 7.98. The molecule has 1 heterocycles. The Labute approximate surface area is 164 Å². The zero-order chi connectivity index (χ0) is 19.4. The van der Waals surface area contributed by atoms with Crippen LogP contribution in [-0.2, 0) is 6.61 Å². The molecular weight excluding hydrogens is 410 g/mol. The highest BCUT2D eigenvalue weighted by Gasteiger charge is 2.11. The van der Waals surface area contributed by atoms with Gasteiger partial charge in [-0.2, -0.15) is 5.26 Å². The lowest BCUT2D eigenvalue weighted by atomic mass is 10.1. The fourth-order valence-corrected chi connectivity index (χ4v) is 2.99. The van der Waals surface area contributed by atoms with E-state index in [1.54, 1.807) is 31.2 Å². The van der Waals surface area contributed by atoms with Crippen LogP contribution in [0.3, 0.4) is 0 Å². The fourth-order valence-electron chi connectivity index (χ4n) is 2.49. The van der Waals surface area contributed by atoms with E-state index < -0.39 is 5.97 Å². The van der Waals surface area contributed by atoms with Gasteiger partial charge in [-0.05, 0) is 53.2 Å². The molecule has 0 saturated carbocycles. The van der Waals surface area contributed by atoms with Crippen LogP contribution in [0.15, 0.2) is 53.1 Å². The molecule has 0 unspecified atom stereocenters. The molecule has 2 aromatic carbocycles. The molecule has 0 aliphatic rings. The first kappa shape index (κ1) is 18.5. The number of carbonyl (C=O) groups is 1. The lowest BCUT2D eigenvalue weighted by Gasteiger charge is -2.09. The summed E-state index contributed by atoms with van der Waals surface area (Å²) in [5, 5.41) is 18.3. The molecule has 0 aliphatic carbocycles. The predicted octanol–water partition coefficient (Wildman–Crippen LogP) is 4.36. The van der Waals surface area contributed by atoms with Crippen molar-refractivity contribution in [3.05, 3.63) is 75.5 Å². The van der Waals surface area contributed by atoms with E-state index in [1.165, 1.54) is 6.20 Å². The third-order valence-electron chi connectivity index (χ3n) is 3.93. The summed E-state index contributed by atoms with van der Waals surface area (Å²) >= 11 is 3.36. The van der Waals surface area contributed by atoms with Gasteiger partial charge in [0.1, 0.15) is 18.4 Å². The smallest absolute Gasteiger partial charge is 0.339 e. The Morgan fingerprint density at radius 2 is 2.00 bits per heavy atom. The molecule has 27 heavy (non-hydrogen) atoms. The first-order valence-corrected chi connectivity index (χ1v) is 8.76. The molecule has 0 fully saturated rings. The summed E-state index contributed by atoms with van der Waals surface area (Å²) in [6.45, 7) is 1.90. The van der Waals surface area contributed by atoms with Gasteiger partial charge in [0.05, 0.1) is 16.8 Å². The van der Waals surface area contributed by atoms with E-state index in [2.05, 4.69) is 32.0 Å². The van der Waals surface area contributed by atoms with E-state index in [1.807, 2.05) is 18.2 Å². The zero-order valence-electron chi connectivity index (χ0n) is 14.3. The van der Waals surface area contributed by atoms with E-state index in [9.17, 15) is 10.1 Å². The predicted molar refractivity (Wildman–Crippen MR) is 102 cm³/mol. The molecule has 3 aromatic rings. The molecular formula is C20H14BrN3O3. The molecule has 6 nitrogen and oxygen atoms in total. The summed E-state index contributed by atoms with van der Waals surface area (Å²) < 4.78 is 6.50. The standard InChI is InChI=1S/C20H14BrN3O3/c1-12-17(20(25)26)10-23-19(24-12)13-5-7-15(8-6-13)27-11-14-3-2-4-18(21)16(14)9-22/h2-8,10H,11H2,1H3,(H,25,26). The maximum absolute atomic E-state index is 11.1. The minimum atomic E-state index is -1.05. The van der Waals surface area contributed by atoms with Gasteiger partial charge in [-0.1, -0.05) is 12.1 Å². The van der Waals surface area contributed by atoms with Gasteiger partial charge in [0.15, 0.2) is 5.82 Å². The number of ether oxygens (including phenoxy) is 1. The highest BCUT2D eigenvalue weighted by Crippen LogP contribution is 2.23. The second-order valence-corrected chi connectivity index (χ2v) is 6.55. The van der Waals surface area contributed by atoms with Crippen molar-refractivity contribution in [3.8, 4) is 23.2 Å². The Balaban J connectivity index is 1.75. The van der Waals surface area contributed by atoms with Crippen LogP contribution in [0, 0.1) is 18.3 Å². The lowest BCUT2D eigenvalue weighted by Crippen LogP contribution is -2.04. The summed E-state index contributed by atoms with van der Waals surface area (Å²) in [4.78, 5) is 19.4. The molecule has 1 N–H and O–H groups in total. The molecule has 0 amide bonds. The van der Waals surface area contributed by atoms with Gasteiger partial charge in [0, 0.05) is 21.8 Å². The first-order valence-electron chi connectivity index (χ1n) is 7.97. The highest BCUT2D eigenvalue weighted by atomic mass is 79.9. The minimum absolute atomic E-state index is 0.0843. The summed E-state index contributed by atoms with van der Waals surface area (Å²) in [6.07, 6.45) is 1.31. The number of aromatic nitrogens is 2. The number of carboxylic acids is 1. The monoisotopic (exact) mass is 423 g/mol. The normalized spacial score (nSPS) is 10.3. The van der Waals surface area contributed by atoms with Gasteiger partial charge < -0.3 is 9.84 Å². The number of aromatic carboxylic acids is 1. The Kier molecular flexibility index (Phi) is 5.48. The number of aryl methyl sites for hydroxylation is 1. The van der Waals surface area contributed by atoms with Crippen molar-refractivity contribution in [2.24, 2.45) is 0 Å². The summed E-state index contributed by atoms with van der Waals surface area (Å²) in [6, 6.07) is 14.8. The van der Waals surface area contributed by atoms with E-state index in [0.29, 0.717) is 22.8 Å². The number of halogens is 1. The molecule has 0 atom stereocenters. The molecule has 7 heteroatoms. The average molecular weight is 424 g/mol. The van der Waals surface area contributed by atoms with Crippen molar-refractivity contribution in [2.45, 2.75) is 13.5 Å². The average Bonchev–Trinajstić information content (AvgIpc) is 2.66. The van der Waals surface area contributed by atoms with Crippen molar-refractivity contribution in [1.82, 2.24) is 9.97 Å². The van der Waals surface area contributed by atoms with Gasteiger partial charge in [-0.15, -0.1) is 0 Å². The van der Waals surface area contributed by atoms with Gasteiger partial charge in [-0.3, -0.25) is 0 Å². The SMILES string of the molecule is Cc1nc(-c2ccc(OCc3cccc(Br)c3C#N)cc2)ncc1C(=O)O. The lowest BCUT2D eigenvalue weighted by molar-refractivity contribution is 0.0695. The maximum Gasteiger partial charge on any atom is 0.339 e. The van der Waals surface area contributed by atoms with Crippen LogP contribution in [0.1, 0.15) is 27.2 Å². The van der Waals surface area contributed by atoms with E-state index in [-0.39, 0.29) is 12.2 Å². The minimum Gasteiger partial charge on any atom is -0.489 e. The van der Waals surface area contributed by atoms with Gasteiger partial charge in [-0.25, -0.2) is 14.8 Å². The largest absolute Gasteiger partial charge is 0.489 e. The van der Waals surface area contributed by atoms with Crippen molar-refractivity contribution in [1.29, 1.82) is 5.26 Å². The molecule has 0 saturated heterocycles. The summed E-state index contributed by atoms with van der Waals surface area (Å²) in [5.41, 5.74) is 2.59. The Morgan fingerprint density at radius 1 is 1.26 bits per heavy atom. The number of benzene rings is 2. The third-order valence-corrected chi connectivity index (χ3v) is 4.59.